The molecular formula is C10H19NO. The van der Waals surface area contributed by atoms with Gasteiger partial charge in [-0.2, -0.15) is 0 Å². The van der Waals surface area contributed by atoms with E-state index in [0.717, 1.165) is 6.42 Å². The Morgan fingerprint density at radius 3 is 2.25 bits per heavy atom. The highest BCUT2D eigenvalue weighted by Crippen LogP contribution is 2.44. The van der Waals surface area contributed by atoms with Gasteiger partial charge in [0, 0.05) is 12.0 Å². The fourth-order valence-corrected chi connectivity index (χ4v) is 1.64. The van der Waals surface area contributed by atoms with Crippen LogP contribution in [0.15, 0.2) is 0 Å². The van der Waals surface area contributed by atoms with E-state index in [1.807, 2.05) is 13.8 Å². The molecule has 1 amide bonds. The highest BCUT2D eigenvalue weighted by atomic mass is 16.2. The third-order valence-corrected chi connectivity index (χ3v) is 2.46. The third-order valence-electron chi connectivity index (χ3n) is 2.46. The lowest BCUT2D eigenvalue weighted by molar-refractivity contribution is -0.123. The van der Waals surface area contributed by atoms with Gasteiger partial charge in [0.2, 0.25) is 5.91 Å². The maximum atomic E-state index is 11.4. The molecule has 0 aromatic carbocycles. The summed E-state index contributed by atoms with van der Waals surface area (Å²) in [5, 5.41) is 2.95. The molecule has 70 valence electrons. The van der Waals surface area contributed by atoms with Crippen molar-refractivity contribution in [3.05, 3.63) is 0 Å². The van der Waals surface area contributed by atoms with E-state index in [9.17, 15) is 4.79 Å². The lowest BCUT2D eigenvalue weighted by atomic mass is 10.1. The molecule has 1 fully saturated rings. The second kappa shape index (κ2) is 3.46. The van der Waals surface area contributed by atoms with Crippen molar-refractivity contribution in [2.45, 2.75) is 40.2 Å². The van der Waals surface area contributed by atoms with Crippen molar-refractivity contribution in [3.8, 4) is 0 Å². The van der Waals surface area contributed by atoms with Crippen LogP contribution in [-0.2, 0) is 4.79 Å². The van der Waals surface area contributed by atoms with E-state index < -0.39 is 0 Å². The van der Waals surface area contributed by atoms with Gasteiger partial charge in [-0.05, 0) is 32.1 Å². The van der Waals surface area contributed by atoms with Gasteiger partial charge >= 0.3 is 0 Å². The van der Waals surface area contributed by atoms with E-state index >= 15 is 0 Å². The van der Waals surface area contributed by atoms with Crippen LogP contribution in [0.5, 0.6) is 0 Å². The Kier molecular flexibility index (Phi) is 2.76. The molecule has 0 aromatic heterocycles. The Bertz CT molecular complexity index is 175. The average molecular weight is 169 g/mol. The molecule has 0 saturated heterocycles. The third kappa shape index (κ3) is 2.23. The Balaban J connectivity index is 2.29. The first-order valence-corrected chi connectivity index (χ1v) is 4.82. The quantitative estimate of drug-likeness (QED) is 0.686. The van der Waals surface area contributed by atoms with Crippen LogP contribution in [0.4, 0.5) is 0 Å². The number of carbonyl (C=O) groups excluding carboxylic acids is 1. The molecule has 0 aliphatic heterocycles. The Labute approximate surface area is 74.7 Å². The van der Waals surface area contributed by atoms with Crippen LogP contribution < -0.4 is 5.32 Å². The maximum absolute atomic E-state index is 11.4. The van der Waals surface area contributed by atoms with Crippen LogP contribution in [-0.4, -0.2) is 11.9 Å². The molecule has 1 aliphatic rings. The number of nitrogens with one attached hydrogen (secondary N) is 1. The standard InChI is InChI=1S/C10H19NO/c1-6(2)8-5-9(8)10(12)11-7(3)4/h6-9H,5H2,1-4H3,(H,11,12). The smallest absolute Gasteiger partial charge is 0.223 e. The minimum absolute atomic E-state index is 0.253. The van der Waals surface area contributed by atoms with E-state index in [0.29, 0.717) is 17.8 Å². The summed E-state index contributed by atoms with van der Waals surface area (Å²) in [6.07, 6.45) is 1.09. The molecule has 2 nitrogen and oxygen atoms in total. The van der Waals surface area contributed by atoms with Crippen molar-refractivity contribution in [3.63, 3.8) is 0 Å². The Morgan fingerprint density at radius 1 is 1.33 bits per heavy atom. The molecule has 12 heavy (non-hydrogen) atoms. The molecule has 0 heterocycles. The lowest BCUT2D eigenvalue weighted by Gasteiger charge is -2.08. The molecule has 0 bridgehead atoms. The topological polar surface area (TPSA) is 29.1 Å². The lowest BCUT2D eigenvalue weighted by Crippen LogP contribution is -2.32. The zero-order chi connectivity index (χ0) is 9.30. The SMILES string of the molecule is CC(C)NC(=O)C1CC1C(C)C. The molecule has 1 N–H and O–H groups in total. The second-order valence-corrected chi connectivity index (χ2v) is 4.41. The van der Waals surface area contributed by atoms with Crippen molar-refractivity contribution >= 4 is 5.91 Å². The zero-order valence-electron chi connectivity index (χ0n) is 8.42. The predicted molar refractivity (Wildman–Crippen MR) is 49.7 cm³/mol. The van der Waals surface area contributed by atoms with Gasteiger partial charge in [0.15, 0.2) is 0 Å². The van der Waals surface area contributed by atoms with Gasteiger partial charge in [-0.15, -0.1) is 0 Å². The number of hydrogen-bond donors (Lipinski definition) is 1. The van der Waals surface area contributed by atoms with E-state index in [2.05, 4.69) is 19.2 Å². The Hall–Kier alpha value is -0.530. The average Bonchev–Trinajstić information content (AvgIpc) is 2.61. The van der Waals surface area contributed by atoms with Gasteiger partial charge in [-0.1, -0.05) is 13.8 Å². The van der Waals surface area contributed by atoms with E-state index in [1.54, 1.807) is 0 Å². The normalized spacial score (nSPS) is 27.8. The van der Waals surface area contributed by atoms with Crippen LogP contribution in [0.1, 0.15) is 34.1 Å². The summed E-state index contributed by atoms with van der Waals surface area (Å²) in [4.78, 5) is 11.4. The van der Waals surface area contributed by atoms with Crippen LogP contribution >= 0.6 is 0 Å². The summed E-state index contributed by atoms with van der Waals surface area (Å²) in [6.45, 7) is 8.38. The zero-order valence-corrected chi connectivity index (χ0v) is 8.42. The summed E-state index contributed by atoms with van der Waals surface area (Å²) in [5.41, 5.74) is 0. The van der Waals surface area contributed by atoms with Crippen molar-refractivity contribution < 1.29 is 4.79 Å². The van der Waals surface area contributed by atoms with Crippen molar-refractivity contribution in [2.75, 3.05) is 0 Å². The van der Waals surface area contributed by atoms with E-state index in [-0.39, 0.29) is 11.9 Å². The van der Waals surface area contributed by atoms with Crippen molar-refractivity contribution in [1.29, 1.82) is 0 Å². The number of carbonyl (C=O) groups is 1. The molecule has 2 unspecified atom stereocenters. The van der Waals surface area contributed by atoms with Gasteiger partial charge in [0.05, 0.1) is 0 Å². The van der Waals surface area contributed by atoms with Gasteiger partial charge in [0.25, 0.3) is 0 Å². The van der Waals surface area contributed by atoms with Gasteiger partial charge < -0.3 is 5.32 Å². The molecule has 0 aromatic rings. The van der Waals surface area contributed by atoms with E-state index in [1.165, 1.54) is 0 Å². The Morgan fingerprint density at radius 2 is 1.92 bits per heavy atom. The first-order chi connectivity index (χ1) is 5.52. The predicted octanol–water partition coefficient (Wildman–Crippen LogP) is 1.80. The summed E-state index contributed by atoms with van der Waals surface area (Å²) in [6, 6.07) is 0.283. The summed E-state index contributed by atoms with van der Waals surface area (Å²) < 4.78 is 0. The fourth-order valence-electron chi connectivity index (χ4n) is 1.64. The molecule has 2 heteroatoms. The highest BCUT2D eigenvalue weighted by molar-refractivity contribution is 5.81. The molecule has 0 spiro atoms. The number of amides is 1. The molecule has 0 radical (unpaired) electrons. The number of rotatable bonds is 3. The monoisotopic (exact) mass is 169 g/mol. The summed E-state index contributed by atoms with van der Waals surface area (Å²) in [5.74, 6) is 1.87. The summed E-state index contributed by atoms with van der Waals surface area (Å²) in [7, 11) is 0. The minimum atomic E-state index is 0.253. The van der Waals surface area contributed by atoms with Crippen LogP contribution in [0, 0.1) is 17.8 Å². The number of hydrogen-bond acceptors (Lipinski definition) is 1. The van der Waals surface area contributed by atoms with Crippen LogP contribution in [0.25, 0.3) is 0 Å². The summed E-state index contributed by atoms with van der Waals surface area (Å²) >= 11 is 0. The first kappa shape index (κ1) is 9.56. The maximum Gasteiger partial charge on any atom is 0.223 e. The second-order valence-electron chi connectivity index (χ2n) is 4.41. The van der Waals surface area contributed by atoms with Crippen molar-refractivity contribution in [2.24, 2.45) is 17.8 Å². The molecule has 1 rings (SSSR count). The van der Waals surface area contributed by atoms with Crippen LogP contribution in [0.3, 0.4) is 0 Å². The molecular weight excluding hydrogens is 150 g/mol. The highest BCUT2D eigenvalue weighted by Gasteiger charge is 2.44. The minimum Gasteiger partial charge on any atom is -0.354 e. The molecule has 1 saturated carbocycles. The molecule has 1 aliphatic carbocycles. The largest absolute Gasteiger partial charge is 0.354 e. The van der Waals surface area contributed by atoms with Crippen LogP contribution in [0.2, 0.25) is 0 Å². The van der Waals surface area contributed by atoms with Gasteiger partial charge in [0.1, 0.15) is 0 Å². The van der Waals surface area contributed by atoms with E-state index in [4.69, 9.17) is 0 Å². The molecule has 2 atom stereocenters. The van der Waals surface area contributed by atoms with Crippen molar-refractivity contribution in [1.82, 2.24) is 5.32 Å². The van der Waals surface area contributed by atoms with Gasteiger partial charge in [-0.3, -0.25) is 4.79 Å². The first-order valence-electron chi connectivity index (χ1n) is 4.82. The van der Waals surface area contributed by atoms with Gasteiger partial charge in [-0.25, -0.2) is 0 Å². The fraction of sp³-hybridized carbons (Fsp3) is 0.900.